The minimum atomic E-state index is -0.0532. The van der Waals surface area contributed by atoms with Crippen LogP contribution in [-0.2, 0) is 13.0 Å². The second kappa shape index (κ2) is 8.73. The van der Waals surface area contributed by atoms with E-state index in [1.54, 1.807) is 10.8 Å². The zero-order valence-electron chi connectivity index (χ0n) is 18.2. The largest absolute Gasteiger partial charge is 0.289 e. The standard InChI is InChI=1S/C25H27N5O/c1-17(2)22-23(21-15-27-29(16-21)13-12-19-9-5-4-6-10-19)28-24-20(14-26)11-7-8-18(3)30(24)25(22)31/h4-6,9-11,15-18H,7-8,12-13H2,1-3H3. The molecule has 2 aromatic heterocycles. The van der Waals surface area contributed by atoms with Gasteiger partial charge in [-0.2, -0.15) is 10.4 Å². The summed E-state index contributed by atoms with van der Waals surface area (Å²) in [6, 6.07) is 12.5. The molecule has 6 nitrogen and oxygen atoms in total. The van der Waals surface area contributed by atoms with Crippen LogP contribution in [0.3, 0.4) is 0 Å². The third-order valence-electron chi connectivity index (χ3n) is 5.84. The number of nitrogens with zero attached hydrogens (tertiary/aromatic N) is 5. The topological polar surface area (TPSA) is 76.5 Å². The van der Waals surface area contributed by atoms with Crippen molar-refractivity contribution in [3.8, 4) is 17.3 Å². The van der Waals surface area contributed by atoms with Gasteiger partial charge in [-0.25, -0.2) is 4.98 Å². The van der Waals surface area contributed by atoms with Crippen LogP contribution >= 0.6 is 0 Å². The fraction of sp³-hybridized carbons (Fsp3) is 0.360. The van der Waals surface area contributed by atoms with E-state index in [1.165, 1.54) is 5.56 Å². The zero-order chi connectivity index (χ0) is 22.0. The summed E-state index contributed by atoms with van der Waals surface area (Å²) in [5.41, 5.74) is 3.79. The van der Waals surface area contributed by atoms with Crippen LogP contribution in [0.5, 0.6) is 0 Å². The number of allylic oxidation sites excluding steroid dienone is 2. The van der Waals surface area contributed by atoms with Gasteiger partial charge in [0.1, 0.15) is 6.07 Å². The SMILES string of the molecule is CC(C)c1c(-c2cnn(CCc3ccccc3)c2)nc2n(c1=O)C(C)CCC=C2C#N. The summed E-state index contributed by atoms with van der Waals surface area (Å²) < 4.78 is 3.60. The Balaban J connectivity index is 1.77. The van der Waals surface area contributed by atoms with Crippen LogP contribution < -0.4 is 5.56 Å². The maximum absolute atomic E-state index is 13.6. The predicted octanol–water partition coefficient (Wildman–Crippen LogP) is 4.73. The molecule has 0 aliphatic carbocycles. The van der Waals surface area contributed by atoms with Gasteiger partial charge in [-0.1, -0.05) is 50.3 Å². The number of aryl methyl sites for hydroxylation is 2. The fourth-order valence-corrected chi connectivity index (χ4v) is 4.17. The van der Waals surface area contributed by atoms with Gasteiger partial charge >= 0.3 is 0 Å². The second-order valence-corrected chi connectivity index (χ2v) is 8.41. The summed E-state index contributed by atoms with van der Waals surface area (Å²) in [5.74, 6) is 0.472. The number of aromatic nitrogens is 4. The summed E-state index contributed by atoms with van der Waals surface area (Å²) in [4.78, 5) is 18.4. The molecule has 0 saturated carbocycles. The normalized spacial score (nSPS) is 15.8. The monoisotopic (exact) mass is 413 g/mol. The molecule has 0 radical (unpaired) electrons. The molecule has 31 heavy (non-hydrogen) atoms. The van der Waals surface area contributed by atoms with Crippen molar-refractivity contribution in [1.82, 2.24) is 19.3 Å². The molecule has 3 heterocycles. The van der Waals surface area contributed by atoms with E-state index in [2.05, 4.69) is 23.3 Å². The van der Waals surface area contributed by atoms with Crippen LogP contribution in [0.15, 0.2) is 53.6 Å². The minimum absolute atomic E-state index is 0.00255. The Morgan fingerprint density at radius 1 is 1.26 bits per heavy atom. The van der Waals surface area contributed by atoms with Crippen molar-refractivity contribution in [2.75, 3.05) is 0 Å². The van der Waals surface area contributed by atoms with E-state index < -0.39 is 0 Å². The lowest BCUT2D eigenvalue weighted by atomic mass is 9.99. The summed E-state index contributed by atoms with van der Waals surface area (Å²) in [6.45, 7) is 6.78. The molecule has 0 amide bonds. The van der Waals surface area contributed by atoms with E-state index in [9.17, 15) is 10.1 Å². The van der Waals surface area contributed by atoms with Crippen LogP contribution in [0.1, 0.15) is 62.5 Å². The first-order chi connectivity index (χ1) is 15.0. The molecule has 0 fully saturated rings. The van der Waals surface area contributed by atoms with Gasteiger partial charge < -0.3 is 0 Å². The lowest BCUT2D eigenvalue weighted by molar-refractivity contribution is 0.486. The highest BCUT2D eigenvalue weighted by Crippen LogP contribution is 2.30. The van der Waals surface area contributed by atoms with E-state index in [-0.39, 0.29) is 17.5 Å². The Labute approximate surface area is 182 Å². The van der Waals surface area contributed by atoms with E-state index in [1.807, 2.05) is 55.9 Å². The van der Waals surface area contributed by atoms with Crippen LogP contribution in [0.2, 0.25) is 0 Å². The van der Waals surface area contributed by atoms with Crippen molar-refractivity contribution < 1.29 is 0 Å². The first-order valence-electron chi connectivity index (χ1n) is 10.8. The van der Waals surface area contributed by atoms with Crippen LogP contribution in [-0.4, -0.2) is 19.3 Å². The average Bonchev–Trinajstić information content (AvgIpc) is 3.17. The van der Waals surface area contributed by atoms with Gasteiger partial charge in [0.25, 0.3) is 5.56 Å². The fourth-order valence-electron chi connectivity index (χ4n) is 4.17. The van der Waals surface area contributed by atoms with Gasteiger partial charge in [-0.05, 0) is 37.7 Å². The Morgan fingerprint density at radius 3 is 2.74 bits per heavy atom. The molecule has 0 saturated heterocycles. The molecule has 3 aromatic rings. The minimum Gasteiger partial charge on any atom is -0.289 e. The molecule has 0 N–H and O–H groups in total. The summed E-state index contributed by atoms with van der Waals surface area (Å²) in [7, 11) is 0. The van der Waals surface area contributed by atoms with Crippen molar-refractivity contribution in [3.05, 3.63) is 76.1 Å². The molecule has 4 rings (SSSR count). The number of benzene rings is 1. The molecular weight excluding hydrogens is 386 g/mol. The molecule has 1 aliphatic rings. The van der Waals surface area contributed by atoms with Gasteiger partial charge in [0.2, 0.25) is 0 Å². The van der Waals surface area contributed by atoms with Crippen molar-refractivity contribution in [3.63, 3.8) is 0 Å². The maximum atomic E-state index is 13.6. The Bertz CT molecular complexity index is 1210. The quantitative estimate of drug-likeness (QED) is 0.606. The van der Waals surface area contributed by atoms with E-state index >= 15 is 0 Å². The van der Waals surface area contributed by atoms with Gasteiger partial charge in [0.15, 0.2) is 5.82 Å². The molecule has 158 valence electrons. The Morgan fingerprint density at radius 2 is 2.03 bits per heavy atom. The Hall–Kier alpha value is -3.46. The van der Waals surface area contributed by atoms with Crippen molar-refractivity contribution in [1.29, 1.82) is 5.26 Å². The van der Waals surface area contributed by atoms with Crippen molar-refractivity contribution in [2.24, 2.45) is 0 Å². The molecule has 1 aliphatic heterocycles. The number of fused-ring (bicyclic) bond motifs is 1. The molecule has 1 unspecified atom stereocenters. The molecule has 0 spiro atoms. The van der Waals surface area contributed by atoms with E-state index in [0.29, 0.717) is 22.7 Å². The molecule has 6 heteroatoms. The maximum Gasteiger partial charge on any atom is 0.258 e. The highest BCUT2D eigenvalue weighted by molar-refractivity contribution is 5.75. The lowest BCUT2D eigenvalue weighted by Gasteiger charge is -2.20. The summed E-state index contributed by atoms with van der Waals surface area (Å²) in [6.07, 6.45) is 8.06. The van der Waals surface area contributed by atoms with Crippen molar-refractivity contribution in [2.45, 2.75) is 58.5 Å². The van der Waals surface area contributed by atoms with Gasteiger partial charge in [-0.3, -0.25) is 14.0 Å². The average molecular weight is 414 g/mol. The number of hydrogen-bond acceptors (Lipinski definition) is 4. The van der Waals surface area contributed by atoms with Crippen LogP contribution in [0.4, 0.5) is 0 Å². The summed E-state index contributed by atoms with van der Waals surface area (Å²) >= 11 is 0. The summed E-state index contributed by atoms with van der Waals surface area (Å²) in [5, 5.41) is 14.2. The third-order valence-corrected chi connectivity index (χ3v) is 5.84. The molecular formula is C25H27N5O. The van der Waals surface area contributed by atoms with Gasteiger partial charge in [-0.15, -0.1) is 0 Å². The number of hydrogen-bond donors (Lipinski definition) is 0. The van der Waals surface area contributed by atoms with Gasteiger partial charge in [0.05, 0.1) is 17.5 Å². The first-order valence-corrected chi connectivity index (χ1v) is 10.8. The highest BCUT2D eigenvalue weighted by atomic mass is 16.1. The predicted molar refractivity (Wildman–Crippen MR) is 121 cm³/mol. The smallest absolute Gasteiger partial charge is 0.258 e. The molecule has 0 bridgehead atoms. The van der Waals surface area contributed by atoms with Crippen LogP contribution in [0, 0.1) is 11.3 Å². The zero-order valence-corrected chi connectivity index (χ0v) is 18.2. The molecule has 1 aromatic carbocycles. The number of nitriles is 1. The first kappa shape index (κ1) is 20.8. The second-order valence-electron chi connectivity index (χ2n) is 8.41. The Kier molecular flexibility index (Phi) is 5.85. The van der Waals surface area contributed by atoms with E-state index in [0.717, 1.165) is 31.4 Å². The lowest BCUT2D eigenvalue weighted by Crippen LogP contribution is -2.31. The highest BCUT2D eigenvalue weighted by Gasteiger charge is 2.26. The van der Waals surface area contributed by atoms with Crippen molar-refractivity contribution >= 4 is 5.57 Å². The number of rotatable bonds is 5. The third kappa shape index (κ3) is 4.09. The van der Waals surface area contributed by atoms with E-state index in [4.69, 9.17) is 4.98 Å². The van der Waals surface area contributed by atoms with Gasteiger partial charge in [0, 0.05) is 29.9 Å². The molecule has 1 atom stereocenters. The van der Waals surface area contributed by atoms with Crippen LogP contribution in [0.25, 0.3) is 16.8 Å².